The lowest BCUT2D eigenvalue weighted by atomic mass is 10.2. The number of rotatable bonds is 5. The monoisotopic (exact) mass is 270 g/mol. The van der Waals surface area contributed by atoms with Crippen molar-refractivity contribution in [1.82, 2.24) is 15.0 Å². The summed E-state index contributed by atoms with van der Waals surface area (Å²) < 4.78 is 0. The number of aromatic nitrogens is 3. The van der Waals surface area contributed by atoms with Crippen molar-refractivity contribution in [3.63, 3.8) is 0 Å². The zero-order valence-corrected chi connectivity index (χ0v) is 11.9. The van der Waals surface area contributed by atoms with Gasteiger partial charge < -0.3 is 9.88 Å². The summed E-state index contributed by atoms with van der Waals surface area (Å²) in [5.74, 6) is 0.808. The van der Waals surface area contributed by atoms with E-state index in [0.29, 0.717) is 11.7 Å². The van der Waals surface area contributed by atoms with Crippen LogP contribution in [-0.2, 0) is 0 Å². The lowest BCUT2D eigenvalue weighted by Crippen LogP contribution is -2.26. The van der Waals surface area contributed by atoms with Crippen molar-refractivity contribution < 1.29 is 4.79 Å². The van der Waals surface area contributed by atoms with E-state index in [1.54, 1.807) is 12.3 Å². The van der Waals surface area contributed by atoms with E-state index in [-0.39, 0.29) is 5.78 Å². The van der Waals surface area contributed by atoms with E-state index in [9.17, 15) is 4.79 Å². The first-order valence-corrected chi connectivity index (χ1v) is 6.47. The van der Waals surface area contributed by atoms with E-state index in [1.807, 2.05) is 19.2 Å². The molecule has 104 valence electrons. The van der Waals surface area contributed by atoms with Crippen LogP contribution in [0.25, 0.3) is 6.08 Å². The summed E-state index contributed by atoms with van der Waals surface area (Å²) in [6.07, 6.45) is 8.00. The van der Waals surface area contributed by atoms with Gasteiger partial charge in [-0.25, -0.2) is 9.97 Å². The Labute approximate surface area is 118 Å². The number of H-pyrrole nitrogens is 1. The van der Waals surface area contributed by atoms with E-state index in [2.05, 4.69) is 33.7 Å². The number of pyridine rings is 1. The molecule has 0 spiro atoms. The summed E-state index contributed by atoms with van der Waals surface area (Å²) in [6, 6.07) is 4.28. The molecule has 0 saturated carbocycles. The SMILES string of the molecule is CC(C)N(C)c1ccc(/C=C/C(=O)c2cnc[nH]2)cn1. The lowest BCUT2D eigenvalue weighted by Gasteiger charge is -2.22. The van der Waals surface area contributed by atoms with Gasteiger partial charge in [0.2, 0.25) is 5.78 Å². The highest BCUT2D eigenvalue weighted by atomic mass is 16.1. The number of nitrogens with zero attached hydrogens (tertiary/aromatic N) is 3. The zero-order chi connectivity index (χ0) is 14.5. The predicted molar refractivity (Wildman–Crippen MR) is 79.7 cm³/mol. The minimum absolute atomic E-state index is 0.106. The highest BCUT2D eigenvalue weighted by Crippen LogP contribution is 2.13. The van der Waals surface area contributed by atoms with Crippen LogP contribution in [0.1, 0.15) is 29.9 Å². The number of imidazole rings is 1. The summed E-state index contributed by atoms with van der Waals surface area (Å²) in [7, 11) is 2.00. The van der Waals surface area contributed by atoms with Crippen LogP contribution in [0.4, 0.5) is 5.82 Å². The van der Waals surface area contributed by atoms with Gasteiger partial charge in [-0.2, -0.15) is 0 Å². The molecule has 0 amide bonds. The summed E-state index contributed by atoms with van der Waals surface area (Å²) in [5.41, 5.74) is 1.36. The van der Waals surface area contributed by atoms with Crippen molar-refractivity contribution in [3.8, 4) is 0 Å². The summed E-state index contributed by atoms with van der Waals surface area (Å²) >= 11 is 0. The molecular formula is C15H18N4O. The first-order valence-electron chi connectivity index (χ1n) is 6.47. The third kappa shape index (κ3) is 3.32. The predicted octanol–water partition coefficient (Wildman–Crippen LogP) is 2.55. The minimum atomic E-state index is -0.106. The molecule has 2 aromatic heterocycles. The second kappa shape index (κ2) is 6.14. The van der Waals surface area contributed by atoms with Crippen LogP contribution in [-0.4, -0.2) is 33.8 Å². The molecule has 5 heteroatoms. The van der Waals surface area contributed by atoms with Crippen molar-refractivity contribution in [2.24, 2.45) is 0 Å². The number of carbonyl (C=O) groups is 1. The molecule has 0 bridgehead atoms. The second-order valence-corrected chi connectivity index (χ2v) is 4.82. The Morgan fingerprint density at radius 1 is 1.35 bits per heavy atom. The molecule has 0 aromatic carbocycles. The first-order chi connectivity index (χ1) is 9.58. The Kier molecular flexibility index (Phi) is 4.30. The summed E-state index contributed by atoms with van der Waals surface area (Å²) in [5, 5.41) is 0. The molecule has 5 nitrogen and oxygen atoms in total. The molecule has 0 aliphatic heterocycles. The largest absolute Gasteiger partial charge is 0.357 e. The molecule has 0 fully saturated rings. The van der Waals surface area contributed by atoms with Gasteiger partial charge in [0.25, 0.3) is 0 Å². The lowest BCUT2D eigenvalue weighted by molar-refractivity contribution is 0.104. The fraction of sp³-hybridized carbons (Fsp3) is 0.267. The summed E-state index contributed by atoms with van der Waals surface area (Å²) in [4.78, 5) is 24.8. The molecule has 20 heavy (non-hydrogen) atoms. The van der Waals surface area contributed by atoms with Crippen molar-refractivity contribution >= 4 is 17.7 Å². The van der Waals surface area contributed by atoms with Gasteiger partial charge in [0, 0.05) is 19.3 Å². The van der Waals surface area contributed by atoms with E-state index >= 15 is 0 Å². The maximum Gasteiger partial charge on any atom is 0.203 e. The van der Waals surface area contributed by atoms with Gasteiger partial charge in [0.05, 0.1) is 12.5 Å². The van der Waals surface area contributed by atoms with Gasteiger partial charge in [-0.1, -0.05) is 0 Å². The van der Waals surface area contributed by atoms with E-state index in [1.165, 1.54) is 18.6 Å². The van der Waals surface area contributed by atoms with E-state index in [4.69, 9.17) is 0 Å². The third-order valence-electron chi connectivity index (χ3n) is 3.10. The van der Waals surface area contributed by atoms with Crippen LogP contribution in [0, 0.1) is 0 Å². The number of ketones is 1. The van der Waals surface area contributed by atoms with Gasteiger partial charge in [-0.3, -0.25) is 4.79 Å². The maximum absolute atomic E-state index is 11.8. The van der Waals surface area contributed by atoms with Crippen LogP contribution >= 0.6 is 0 Å². The Hall–Kier alpha value is -2.43. The van der Waals surface area contributed by atoms with Gasteiger partial charge >= 0.3 is 0 Å². The number of hydrogen-bond donors (Lipinski definition) is 1. The molecule has 0 aliphatic carbocycles. The Balaban J connectivity index is 2.06. The quantitative estimate of drug-likeness (QED) is 0.670. The van der Waals surface area contributed by atoms with Crippen LogP contribution in [0.3, 0.4) is 0 Å². The molecule has 0 atom stereocenters. The molecule has 2 heterocycles. The van der Waals surface area contributed by atoms with Crippen molar-refractivity contribution in [3.05, 3.63) is 48.2 Å². The molecule has 2 aromatic rings. The number of carbonyl (C=O) groups excluding carboxylic acids is 1. The number of aromatic amines is 1. The zero-order valence-electron chi connectivity index (χ0n) is 11.9. The molecule has 0 saturated heterocycles. The average Bonchev–Trinajstić information content (AvgIpc) is 2.98. The molecule has 0 unspecified atom stereocenters. The van der Waals surface area contributed by atoms with E-state index < -0.39 is 0 Å². The Morgan fingerprint density at radius 2 is 2.15 bits per heavy atom. The number of nitrogens with one attached hydrogen (secondary N) is 1. The maximum atomic E-state index is 11.8. The van der Waals surface area contributed by atoms with E-state index in [0.717, 1.165) is 11.4 Å². The standard InChI is InChI=1S/C15H18N4O/c1-11(2)19(3)15-7-5-12(8-17-15)4-6-14(20)13-9-16-10-18-13/h4-11H,1-3H3,(H,16,18)/b6-4+. The highest BCUT2D eigenvalue weighted by Gasteiger charge is 2.05. The highest BCUT2D eigenvalue weighted by molar-refractivity contribution is 6.05. The topological polar surface area (TPSA) is 61.9 Å². The van der Waals surface area contributed by atoms with Gasteiger partial charge in [0.1, 0.15) is 11.5 Å². The molecule has 0 radical (unpaired) electrons. The third-order valence-corrected chi connectivity index (χ3v) is 3.10. The molecular weight excluding hydrogens is 252 g/mol. The van der Waals surface area contributed by atoms with Crippen molar-refractivity contribution in [2.75, 3.05) is 11.9 Å². The molecule has 2 rings (SSSR count). The smallest absolute Gasteiger partial charge is 0.203 e. The average molecular weight is 270 g/mol. The van der Waals surface area contributed by atoms with Crippen LogP contribution in [0.5, 0.6) is 0 Å². The fourth-order valence-corrected chi connectivity index (χ4v) is 1.62. The number of anilines is 1. The van der Waals surface area contributed by atoms with Gasteiger partial charge in [-0.15, -0.1) is 0 Å². The fourth-order valence-electron chi connectivity index (χ4n) is 1.62. The molecule has 0 aliphatic rings. The molecule has 1 N–H and O–H groups in total. The van der Waals surface area contributed by atoms with Crippen molar-refractivity contribution in [2.45, 2.75) is 19.9 Å². The Morgan fingerprint density at radius 3 is 2.70 bits per heavy atom. The normalized spacial score (nSPS) is 11.2. The summed E-state index contributed by atoms with van der Waals surface area (Å²) in [6.45, 7) is 4.22. The van der Waals surface area contributed by atoms with Gasteiger partial charge in [0.15, 0.2) is 0 Å². The number of allylic oxidation sites excluding steroid dienone is 1. The number of hydrogen-bond acceptors (Lipinski definition) is 4. The Bertz CT molecular complexity index is 585. The van der Waals surface area contributed by atoms with Gasteiger partial charge in [-0.05, 0) is 43.7 Å². The first kappa shape index (κ1) is 14.0. The second-order valence-electron chi connectivity index (χ2n) is 4.82. The van der Waals surface area contributed by atoms with Crippen LogP contribution in [0.15, 0.2) is 36.9 Å². The minimum Gasteiger partial charge on any atom is -0.357 e. The van der Waals surface area contributed by atoms with Crippen LogP contribution in [0.2, 0.25) is 0 Å². The van der Waals surface area contributed by atoms with Crippen LogP contribution < -0.4 is 4.90 Å². The van der Waals surface area contributed by atoms with Crippen molar-refractivity contribution in [1.29, 1.82) is 0 Å².